The zero-order valence-corrected chi connectivity index (χ0v) is 12.3. The van der Waals surface area contributed by atoms with Crippen LogP contribution in [-0.2, 0) is 10.5 Å². The van der Waals surface area contributed by atoms with Crippen molar-refractivity contribution < 1.29 is 4.79 Å². The number of benzene rings is 1. The normalized spacial score (nSPS) is 11.8. The van der Waals surface area contributed by atoms with E-state index in [0.29, 0.717) is 0 Å². The van der Waals surface area contributed by atoms with Gasteiger partial charge in [-0.1, -0.05) is 37.3 Å². The molecule has 2 rings (SSSR count). The van der Waals surface area contributed by atoms with Crippen LogP contribution in [0.25, 0.3) is 0 Å². The van der Waals surface area contributed by atoms with Gasteiger partial charge in [0.25, 0.3) is 0 Å². The molecule has 1 atom stereocenters. The van der Waals surface area contributed by atoms with Gasteiger partial charge < -0.3 is 5.32 Å². The fourth-order valence-corrected chi connectivity index (χ4v) is 2.84. The Morgan fingerprint density at radius 3 is 2.70 bits per heavy atom. The van der Waals surface area contributed by atoms with Gasteiger partial charge in [-0.15, -0.1) is 11.8 Å². The maximum Gasteiger partial charge on any atom is 0.237 e. The Balaban J connectivity index is 1.89. The Morgan fingerprint density at radius 2 is 2.05 bits per heavy atom. The highest BCUT2D eigenvalue weighted by molar-refractivity contribution is 7.99. The number of anilines is 1. The summed E-state index contributed by atoms with van der Waals surface area (Å²) < 4.78 is 0. The minimum atomic E-state index is -0.0459. The van der Waals surface area contributed by atoms with Crippen LogP contribution in [0, 0.1) is 0 Å². The predicted molar refractivity (Wildman–Crippen MR) is 84.7 cm³/mol. The van der Waals surface area contributed by atoms with Crippen LogP contribution >= 0.6 is 11.8 Å². The van der Waals surface area contributed by atoms with E-state index in [1.165, 1.54) is 5.56 Å². The Morgan fingerprint density at radius 1 is 1.25 bits per heavy atom. The number of pyridine rings is 1. The molecule has 104 valence electrons. The molecule has 0 radical (unpaired) electrons. The first-order chi connectivity index (χ1) is 9.79. The number of carbonyl (C=O) groups is 1. The van der Waals surface area contributed by atoms with E-state index in [9.17, 15) is 4.79 Å². The van der Waals surface area contributed by atoms with Crippen molar-refractivity contribution in [2.75, 3.05) is 5.32 Å². The van der Waals surface area contributed by atoms with E-state index in [1.54, 1.807) is 24.2 Å². The van der Waals surface area contributed by atoms with Gasteiger partial charge in [-0.2, -0.15) is 0 Å². The lowest BCUT2D eigenvalue weighted by atomic mass is 10.2. The first-order valence-corrected chi connectivity index (χ1v) is 7.71. The van der Waals surface area contributed by atoms with Crippen LogP contribution in [0.5, 0.6) is 0 Å². The SMILES string of the molecule is CCC(SCc1ccccc1)C(=O)Nc1cccnc1. The lowest BCUT2D eigenvalue weighted by molar-refractivity contribution is -0.115. The average Bonchev–Trinajstić information content (AvgIpc) is 2.50. The van der Waals surface area contributed by atoms with Crippen molar-refractivity contribution in [3.05, 3.63) is 60.4 Å². The van der Waals surface area contributed by atoms with Gasteiger partial charge in [0.05, 0.1) is 17.1 Å². The molecule has 0 aliphatic rings. The molecule has 0 spiro atoms. The summed E-state index contributed by atoms with van der Waals surface area (Å²) in [5.74, 6) is 0.890. The Hall–Kier alpha value is -1.81. The van der Waals surface area contributed by atoms with Gasteiger partial charge in [0.2, 0.25) is 5.91 Å². The first kappa shape index (κ1) is 14.6. The number of nitrogens with zero attached hydrogens (tertiary/aromatic N) is 1. The smallest absolute Gasteiger partial charge is 0.237 e. The van der Waals surface area contributed by atoms with Crippen molar-refractivity contribution >= 4 is 23.4 Å². The van der Waals surface area contributed by atoms with Gasteiger partial charge in [-0.3, -0.25) is 9.78 Å². The largest absolute Gasteiger partial charge is 0.324 e. The van der Waals surface area contributed by atoms with E-state index in [-0.39, 0.29) is 11.2 Å². The molecular weight excluding hydrogens is 268 g/mol. The van der Waals surface area contributed by atoms with Gasteiger partial charge in [-0.05, 0) is 24.1 Å². The zero-order chi connectivity index (χ0) is 14.2. The summed E-state index contributed by atoms with van der Waals surface area (Å²) in [6.45, 7) is 2.03. The number of aromatic nitrogens is 1. The molecule has 1 aromatic heterocycles. The van der Waals surface area contributed by atoms with Gasteiger partial charge in [0.1, 0.15) is 0 Å². The van der Waals surface area contributed by atoms with E-state index in [0.717, 1.165) is 17.9 Å². The van der Waals surface area contributed by atoms with E-state index in [1.807, 2.05) is 37.3 Å². The number of thioether (sulfide) groups is 1. The highest BCUT2D eigenvalue weighted by Crippen LogP contribution is 2.21. The molecule has 20 heavy (non-hydrogen) atoms. The quantitative estimate of drug-likeness (QED) is 0.879. The van der Waals surface area contributed by atoms with Crippen LogP contribution < -0.4 is 5.32 Å². The van der Waals surface area contributed by atoms with Crippen LogP contribution in [-0.4, -0.2) is 16.1 Å². The molecule has 2 aromatic rings. The van der Waals surface area contributed by atoms with Gasteiger partial charge in [-0.25, -0.2) is 0 Å². The fourth-order valence-electron chi connectivity index (χ4n) is 1.81. The molecule has 0 aliphatic carbocycles. The van der Waals surface area contributed by atoms with Crippen LogP contribution in [0.4, 0.5) is 5.69 Å². The van der Waals surface area contributed by atoms with E-state index < -0.39 is 0 Å². The number of amides is 1. The molecule has 1 unspecified atom stereocenters. The molecule has 0 bridgehead atoms. The highest BCUT2D eigenvalue weighted by Gasteiger charge is 2.17. The van der Waals surface area contributed by atoms with Crippen LogP contribution in [0.2, 0.25) is 0 Å². The molecule has 1 heterocycles. The molecule has 1 aromatic carbocycles. The predicted octanol–water partition coefficient (Wildman–Crippen LogP) is 3.73. The summed E-state index contributed by atoms with van der Waals surface area (Å²) in [5, 5.41) is 2.86. The number of hydrogen-bond donors (Lipinski definition) is 1. The van der Waals surface area contributed by atoms with E-state index >= 15 is 0 Å². The number of carbonyl (C=O) groups excluding carboxylic acids is 1. The molecule has 3 nitrogen and oxygen atoms in total. The van der Waals surface area contributed by atoms with Gasteiger partial charge in [0.15, 0.2) is 0 Å². The third-order valence-corrected chi connectivity index (χ3v) is 4.34. The standard InChI is InChI=1S/C16H18N2OS/c1-2-15(20-12-13-7-4-3-5-8-13)16(19)18-14-9-6-10-17-11-14/h3-11,15H,2,12H2,1H3,(H,18,19). The van der Waals surface area contributed by atoms with Crippen LogP contribution in [0.15, 0.2) is 54.9 Å². The molecule has 0 saturated carbocycles. The Bertz CT molecular complexity index is 531. The molecule has 1 amide bonds. The van der Waals surface area contributed by atoms with E-state index in [2.05, 4.69) is 22.4 Å². The maximum absolute atomic E-state index is 12.2. The first-order valence-electron chi connectivity index (χ1n) is 6.66. The molecular formula is C16H18N2OS. The lowest BCUT2D eigenvalue weighted by Gasteiger charge is -2.14. The molecule has 0 aliphatic heterocycles. The van der Waals surface area contributed by atoms with Crippen molar-refractivity contribution in [2.45, 2.75) is 24.3 Å². The minimum Gasteiger partial charge on any atom is -0.324 e. The third kappa shape index (κ3) is 4.38. The Kier molecular flexibility index (Phi) is 5.62. The summed E-state index contributed by atoms with van der Waals surface area (Å²) in [6, 6.07) is 13.9. The summed E-state index contributed by atoms with van der Waals surface area (Å²) >= 11 is 1.67. The molecule has 4 heteroatoms. The summed E-state index contributed by atoms with van der Waals surface area (Å²) in [5.41, 5.74) is 1.99. The van der Waals surface area contributed by atoms with E-state index in [4.69, 9.17) is 0 Å². The van der Waals surface area contributed by atoms with Crippen molar-refractivity contribution in [2.24, 2.45) is 0 Å². The van der Waals surface area contributed by atoms with Crippen molar-refractivity contribution in [1.29, 1.82) is 0 Å². The zero-order valence-electron chi connectivity index (χ0n) is 11.5. The number of rotatable bonds is 6. The summed E-state index contributed by atoms with van der Waals surface area (Å²) in [6.07, 6.45) is 4.16. The fraction of sp³-hybridized carbons (Fsp3) is 0.250. The monoisotopic (exact) mass is 286 g/mol. The average molecular weight is 286 g/mol. The second-order valence-corrected chi connectivity index (χ2v) is 5.62. The summed E-state index contributed by atoms with van der Waals surface area (Å²) in [4.78, 5) is 16.2. The second-order valence-electron chi connectivity index (χ2n) is 4.42. The van der Waals surface area contributed by atoms with Gasteiger partial charge in [0, 0.05) is 11.9 Å². The number of hydrogen-bond acceptors (Lipinski definition) is 3. The topological polar surface area (TPSA) is 42.0 Å². The van der Waals surface area contributed by atoms with Crippen molar-refractivity contribution in [3.63, 3.8) is 0 Å². The minimum absolute atomic E-state index is 0.0430. The Labute approximate surface area is 123 Å². The molecule has 0 saturated heterocycles. The summed E-state index contributed by atoms with van der Waals surface area (Å²) in [7, 11) is 0. The van der Waals surface area contributed by atoms with Crippen molar-refractivity contribution in [3.8, 4) is 0 Å². The second kappa shape index (κ2) is 7.70. The highest BCUT2D eigenvalue weighted by atomic mass is 32.2. The molecule has 0 fully saturated rings. The van der Waals surface area contributed by atoms with Crippen LogP contribution in [0.3, 0.4) is 0 Å². The maximum atomic E-state index is 12.2. The molecule has 1 N–H and O–H groups in total. The van der Waals surface area contributed by atoms with Crippen LogP contribution in [0.1, 0.15) is 18.9 Å². The lowest BCUT2D eigenvalue weighted by Crippen LogP contribution is -2.24. The third-order valence-electron chi connectivity index (χ3n) is 2.89. The van der Waals surface area contributed by atoms with Crippen molar-refractivity contribution in [1.82, 2.24) is 4.98 Å². The van der Waals surface area contributed by atoms with Gasteiger partial charge >= 0.3 is 0 Å². The number of nitrogens with one attached hydrogen (secondary N) is 1.